The third-order valence-corrected chi connectivity index (χ3v) is 5.79. The van der Waals surface area contributed by atoms with Gasteiger partial charge in [0.25, 0.3) is 0 Å². The first kappa shape index (κ1) is 17.9. The van der Waals surface area contributed by atoms with Crippen molar-refractivity contribution in [3.8, 4) is 0 Å². The molecule has 142 valence electrons. The number of benzene rings is 2. The molecule has 4 rings (SSSR count). The number of hydrogen-bond acceptors (Lipinski definition) is 1. The zero-order valence-corrected chi connectivity index (χ0v) is 15.1. The lowest BCUT2D eigenvalue weighted by Crippen LogP contribution is -3.17. The molecule has 0 radical (unpaired) electrons. The van der Waals surface area contributed by atoms with Gasteiger partial charge in [0.2, 0.25) is 0 Å². The van der Waals surface area contributed by atoms with Crippen LogP contribution >= 0.6 is 0 Å². The van der Waals surface area contributed by atoms with Gasteiger partial charge in [-0.2, -0.15) is 0 Å². The zero-order valence-electron chi connectivity index (χ0n) is 15.1. The number of amides is 2. The van der Waals surface area contributed by atoms with E-state index in [1.54, 1.807) is 17.0 Å². The number of urea groups is 1. The van der Waals surface area contributed by atoms with Crippen LogP contribution in [0.2, 0.25) is 0 Å². The summed E-state index contributed by atoms with van der Waals surface area (Å²) in [4.78, 5) is 13.8. The van der Waals surface area contributed by atoms with Gasteiger partial charge in [0.05, 0.1) is 12.1 Å². The van der Waals surface area contributed by atoms with Crippen LogP contribution in [0.5, 0.6) is 0 Å². The molecule has 6 heteroatoms. The molecule has 2 aromatic carbocycles. The molecular weight excluding hydrogens is 348 g/mol. The molecule has 2 saturated heterocycles. The number of carbonyl (C=O) groups is 1. The fourth-order valence-corrected chi connectivity index (χ4v) is 4.59. The number of carbonyl (C=O) groups excluding carboxylic acids is 1. The molecule has 2 fully saturated rings. The second-order valence-electron chi connectivity index (χ2n) is 7.63. The Labute approximate surface area is 157 Å². The average Bonchev–Trinajstić information content (AvgIpc) is 2.86. The summed E-state index contributed by atoms with van der Waals surface area (Å²) in [7, 11) is 0. The van der Waals surface area contributed by atoms with Crippen molar-refractivity contribution >= 4 is 11.7 Å². The second kappa shape index (κ2) is 7.64. The lowest BCUT2D eigenvalue weighted by Gasteiger charge is -2.36. The number of piperidine rings is 1. The van der Waals surface area contributed by atoms with Crippen molar-refractivity contribution in [3.05, 3.63) is 65.7 Å². The van der Waals surface area contributed by atoms with Crippen LogP contribution in [0.4, 0.5) is 19.3 Å². The lowest BCUT2D eigenvalue weighted by molar-refractivity contribution is -0.954. The standard InChI is InChI=1S/C21H23F2N3O/c22-15-6-4-14(5-7-15)13-26-19-8-9-20(26)12-18(11-19)25-21(27)24-17-3-1-2-16(23)10-17/h1-7,10,18-20H,8-9,11-13H2,(H2,24,25,27)/p+1/t18?,19-,20+. The summed E-state index contributed by atoms with van der Waals surface area (Å²) in [5, 5.41) is 5.75. The molecule has 0 spiro atoms. The van der Waals surface area contributed by atoms with E-state index < -0.39 is 0 Å². The molecule has 2 bridgehead atoms. The van der Waals surface area contributed by atoms with E-state index >= 15 is 0 Å². The van der Waals surface area contributed by atoms with Crippen molar-refractivity contribution in [2.75, 3.05) is 5.32 Å². The van der Waals surface area contributed by atoms with Crippen molar-refractivity contribution in [1.82, 2.24) is 5.32 Å². The number of nitrogens with one attached hydrogen (secondary N) is 3. The maximum atomic E-state index is 13.2. The van der Waals surface area contributed by atoms with Crippen LogP contribution in [0, 0.1) is 11.6 Å². The van der Waals surface area contributed by atoms with E-state index in [0.717, 1.165) is 37.8 Å². The van der Waals surface area contributed by atoms with Gasteiger partial charge in [-0.15, -0.1) is 0 Å². The van der Waals surface area contributed by atoms with E-state index in [0.29, 0.717) is 17.8 Å². The van der Waals surface area contributed by atoms with E-state index in [-0.39, 0.29) is 23.7 Å². The highest BCUT2D eigenvalue weighted by Gasteiger charge is 2.44. The predicted molar refractivity (Wildman–Crippen MR) is 99.5 cm³/mol. The Bertz CT molecular complexity index is 797. The Kier molecular flexibility index (Phi) is 5.07. The Hall–Kier alpha value is -2.47. The van der Waals surface area contributed by atoms with Crippen LogP contribution in [0.1, 0.15) is 31.2 Å². The van der Waals surface area contributed by atoms with E-state index in [4.69, 9.17) is 0 Å². The predicted octanol–water partition coefficient (Wildman–Crippen LogP) is 2.86. The molecule has 2 aliphatic rings. The lowest BCUT2D eigenvalue weighted by atomic mass is 9.96. The van der Waals surface area contributed by atoms with Crippen LogP contribution < -0.4 is 15.5 Å². The van der Waals surface area contributed by atoms with Crippen molar-refractivity contribution in [2.45, 2.75) is 50.4 Å². The summed E-state index contributed by atoms with van der Waals surface area (Å²) < 4.78 is 26.3. The number of fused-ring (bicyclic) bond motifs is 2. The molecule has 27 heavy (non-hydrogen) atoms. The van der Waals surface area contributed by atoms with Crippen molar-refractivity contribution in [3.63, 3.8) is 0 Å². The number of rotatable bonds is 4. The summed E-state index contributed by atoms with van der Waals surface area (Å²) >= 11 is 0. The third kappa shape index (κ3) is 4.27. The molecule has 4 atom stereocenters. The summed E-state index contributed by atoms with van der Waals surface area (Å²) in [6.45, 7) is 0.901. The van der Waals surface area contributed by atoms with Crippen LogP contribution in [-0.4, -0.2) is 24.2 Å². The van der Waals surface area contributed by atoms with Crippen molar-refractivity contribution in [1.29, 1.82) is 0 Å². The third-order valence-electron chi connectivity index (χ3n) is 5.79. The summed E-state index contributed by atoms with van der Waals surface area (Å²) in [6, 6.07) is 13.5. The highest BCUT2D eigenvalue weighted by atomic mass is 19.1. The maximum Gasteiger partial charge on any atom is 0.319 e. The van der Waals surface area contributed by atoms with Gasteiger partial charge in [-0.1, -0.05) is 18.2 Å². The zero-order chi connectivity index (χ0) is 18.8. The molecule has 0 aliphatic carbocycles. The summed E-state index contributed by atoms with van der Waals surface area (Å²) in [5.74, 6) is -0.576. The number of quaternary nitrogens is 1. The second-order valence-corrected chi connectivity index (χ2v) is 7.63. The molecule has 2 unspecified atom stereocenters. The molecule has 2 amide bonds. The molecule has 0 saturated carbocycles. The molecular formula is C21H24F2N3O+. The van der Waals surface area contributed by atoms with Gasteiger partial charge in [0, 0.05) is 43.0 Å². The first-order valence-corrected chi connectivity index (χ1v) is 9.50. The van der Waals surface area contributed by atoms with E-state index in [9.17, 15) is 13.6 Å². The van der Waals surface area contributed by atoms with Crippen LogP contribution in [-0.2, 0) is 6.54 Å². The molecule has 2 aromatic rings. The van der Waals surface area contributed by atoms with Gasteiger partial charge < -0.3 is 15.5 Å². The molecule has 2 heterocycles. The van der Waals surface area contributed by atoms with Gasteiger partial charge in [0.15, 0.2) is 0 Å². The Morgan fingerprint density at radius 2 is 1.70 bits per heavy atom. The van der Waals surface area contributed by atoms with E-state index in [1.807, 2.05) is 12.1 Å². The van der Waals surface area contributed by atoms with Crippen LogP contribution in [0.25, 0.3) is 0 Å². The molecule has 2 aliphatic heterocycles. The number of anilines is 1. The number of hydrogen-bond donors (Lipinski definition) is 3. The van der Waals surface area contributed by atoms with E-state index in [1.165, 1.54) is 24.3 Å². The monoisotopic (exact) mass is 372 g/mol. The minimum absolute atomic E-state index is 0.132. The maximum absolute atomic E-state index is 13.2. The van der Waals surface area contributed by atoms with Crippen molar-refractivity contribution < 1.29 is 18.5 Å². The van der Waals surface area contributed by atoms with Gasteiger partial charge in [-0.3, -0.25) is 0 Å². The van der Waals surface area contributed by atoms with Gasteiger partial charge in [-0.05, 0) is 30.3 Å². The highest BCUT2D eigenvalue weighted by Crippen LogP contribution is 2.24. The SMILES string of the molecule is O=C(Nc1cccc(F)c1)NC1C[C@H]2CC[C@@H](C1)[NH+]2Cc1ccc(F)cc1. The summed E-state index contributed by atoms with van der Waals surface area (Å²) in [5.41, 5.74) is 1.60. The smallest absolute Gasteiger partial charge is 0.319 e. The first-order chi connectivity index (χ1) is 13.1. The van der Waals surface area contributed by atoms with Crippen LogP contribution in [0.15, 0.2) is 48.5 Å². The van der Waals surface area contributed by atoms with Crippen molar-refractivity contribution in [2.24, 2.45) is 0 Å². The largest absolute Gasteiger partial charge is 0.335 e. The average molecular weight is 372 g/mol. The molecule has 0 aromatic heterocycles. The minimum atomic E-state index is -0.372. The fraction of sp³-hybridized carbons (Fsp3) is 0.381. The highest BCUT2D eigenvalue weighted by molar-refractivity contribution is 5.89. The normalized spacial score (nSPS) is 26.6. The number of halogens is 2. The van der Waals surface area contributed by atoms with Gasteiger partial charge >= 0.3 is 6.03 Å². The topological polar surface area (TPSA) is 45.6 Å². The Morgan fingerprint density at radius 3 is 2.37 bits per heavy atom. The molecule has 4 nitrogen and oxygen atoms in total. The Morgan fingerprint density at radius 1 is 1.00 bits per heavy atom. The van der Waals surface area contributed by atoms with Gasteiger partial charge in [0.1, 0.15) is 18.2 Å². The minimum Gasteiger partial charge on any atom is -0.335 e. The molecule has 3 N–H and O–H groups in total. The summed E-state index contributed by atoms with van der Waals surface area (Å²) in [6.07, 6.45) is 4.18. The van der Waals surface area contributed by atoms with Gasteiger partial charge in [-0.25, -0.2) is 13.6 Å². The fourth-order valence-electron chi connectivity index (χ4n) is 4.59. The Balaban J connectivity index is 1.33. The first-order valence-electron chi connectivity index (χ1n) is 9.50. The van der Waals surface area contributed by atoms with Crippen LogP contribution in [0.3, 0.4) is 0 Å². The van der Waals surface area contributed by atoms with E-state index in [2.05, 4.69) is 10.6 Å². The quantitative estimate of drug-likeness (QED) is 0.759.